The topological polar surface area (TPSA) is 38.1 Å². The van der Waals surface area contributed by atoms with Crippen molar-refractivity contribution in [3.63, 3.8) is 0 Å². The highest BCUT2D eigenvalue weighted by molar-refractivity contribution is 5.73. The summed E-state index contributed by atoms with van der Waals surface area (Å²) in [6.45, 7) is 7.40. The summed E-state index contributed by atoms with van der Waals surface area (Å²) in [6, 6.07) is 6.34. The standard InChI is InChI=1S/C13H16N2O/c1-8-15-11-5-4-9(6-12(11)16-8)10-7-14-13(10,2)3/h4-6,10,14H,7H2,1-3H3. The molecule has 0 saturated carbocycles. The van der Waals surface area contributed by atoms with Crippen LogP contribution < -0.4 is 5.32 Å². The van der Waals surface area contributed by atoms with Crippen LogP contribution in [0.15, 0.2) is 22.6 Å². The van der Waals surface area contributed by atoms with Gasteiger partial charge in [-0.05, 0) is 31.5 Å². The Labute approximate surface area is 94.9 Å². The molecule has 0 amide bonds. The van der Waals surface area contributed by atoms with E-state index in [0.717, 1.165) is 23.5 Å². The zero-order valence-electron chi connectivity index (χ0n) is 9.87. The summed E-state index contributed by atoms with van der Waals surface area (Å²) in [7, 11) is 0. The molecule has 0 spiro atoms. The van der Waals surface area contributed by atoms with Gasteiger partial charge in [-0.1, -0.05) is 6.07 Å². The molecule has 0 aliphatic carbocycles. The lowest BCUT2D eigenvalue weighted by Gasteiger charge is -2.46. The Kier molecular flexibility index (Phi) is 1.89. The maximum Gasteiger partial charge on any atom is 0.192 e. The summed E-state index contributed by atoms with van der Waals surface area (Å²) in [4.78, 5) is 4.31. The third-order valence-electron chi connectivity index (χ3n) is 3.55. The molecule has 1 aromatic carbocycles. The van der Waals surface area contributed by atoms with Crippen LogP contribution in [0.5, 0.6) is 0 Å². The van der Waals surface area contributed by atoms with Gasteiger partial charge in [-0.3, -0.25) is 0 Å². The monoisotopic (exact) mass is 216 g/mol. The van der Waals surface area contributed by atoms with E-state index in [1.54, 1.807) is 0 Å². The highest BCUT2D eigenvalue weighted by atomic mass is 16.3. The van der Waals surface area contributed by atoms with Crippen LogP contribution >= 0.6 is 0 Å². The van der Waals surface area contributed by atoms with Gasteiger partial charge in [0.15, 0.2) is 11.5 Å². The molecule has 1 unspecified atom stereocenters. The molecule has 3 heteroatoms. The molecular weight excluding hydrogens is 200 g/mol. The highest BCUT2D eigenvalue weighted by Crippen LogP contribution is 2.35. The maximum atomic E-state index is 5.56. The van der Waals surface area contributed by atoms with E-state index < -0.39 is 0 Å². The zero-order valence-corrected chi connectivity index (χ0v) is 9.87. The average Bonchev–Trinajstić information content (AvgIpc) is 2.56. The fraction of sp³-hybridized carbons (Fsp3) is 0.462. The van der Waals surface area contributed by atoms with Crippen molar-refractivity contribution in [2.45, 2.75) is 32.2 Å². The first-order chi connectivity index (χ1) is 7.56. The van der Waals surface area contributed by atoms with Crippen LogP contribution in [-0.4, -0.2) is 17.1 Å². The molecule has 16 heavy (non-hydrogen) atoms. The van der Waals surface area contributed by atoms with Crippen molar-refractivity contribution in [1.29, 1.82) is 0 Å². The summed E-state index contributed by atoms with van der Waals surface area (Å²) < 4.78 is 5.56. The number of nitrogens with one attached hydrogen (secondary N) is 1. The van der Waals surface area contributed by atoms with Gasteiger partial charge in [-0.25, -0.2) is 4.98 Å². The first-order valence-electron chi connectivity index (χ1n) is 5.68. The fourth-order valence-electron chi connectivity index (χ4n) is 2.42. The van der Waals surface area contributed by atoms with Gasteiger partial charge in [0.25, 0.3) is 0 Å². The second-order valence-corrected chi connectivity index (χ2v) is 5.12. The number of oxazole rings is 1. The molecule has 84 valence electrons. The first-order valence-corrected chi connectivity index (χ1v) is 5.68. The van der Waals surface area contributed by atoms with Crippen molar-refractivity contribution in [1.82, 2.24) is 10.3 Å². The summed E-state index contributed by atoms with van der Waals surface area (Å²) in [5, 5.41) is 3.44. The first kappa shape index (κ1) is 9.85. The van der Waals surface area contributed by atoms with E-state index in [4.69, 9.17) is 4.42 Å². The molecule has 0 bridgehead atoms. The number of nitrogens with zero attached hydrogens (tertiary/aromatic N) is 1. The van der Waals surface area contributed by atoms with E-state index in [9.17, 15) is 0 Å². The summed E-state index contributed by atoms with van der Waals surface area (Å²) in [5.74, 6) is 1.31. The van der Waals surface area contributed by atoms with Gasteiger partial charge in [0.05, 0.1) is 0 Å². The lowest BCUT2D eigenvalue weighted by molar-refractivity contribution is 0.208. The Bertz CT molecular complexity index is 542. The average molecular weight is 216 g/mol. The largest absolute Gasteiger partial charge is 0.441 e. The van der Waals surface area contributed by atoms with E-state index in [0.29, 0.717) is 5.92 Å². The van der Waals surface area contributed by atoms with Gasteiger partial charge < -0.3 is 9.73 Å². The van der Waals surface area contributed by atoms with E-state index >= 15 is 0 Å². The predicted octanol–water partition coefficient (Wildman–Crippen LogP) is 2.60. The van der Waals surface area contributed by atoms with E-state index in [1.165, 1.54) is 5.56 Å². The smallest absolute Gasteiger partial charge is 0.192 e. The van der Waals surface area contributed by atoms with Crippen molar-refractivity contribution in [2.75, 3.05) is 6.54 Å². The minimum Gasteiger partial charge on any atom is -0.441 e. The minimum atomic E-state index is 0.197. The van der Waals surface area contributed by atoms with Crippen LogP contribution in [0.25, 0.3) is 11.1 Å². The molecule has 1 saturated heterocycles. The fourth-order valence-corrected chi connectivity index (χ4v) is 2.42. The molecule has 1 N–H and O–H groups in total. The number of benzene rings is 1. The van der Waals surface area contributed by atoms with Crippen LogP contribution in [0.4, 0.5) is 0 Å². The highest BCUT2D eigenvalue weighted by Gasteiger charge is 2.38. The Hall–Kier alpha value is -1.35. The van der Waals surface area contributed by atoms with Crippen LogP contribution in [0, 0.1) is 6.92 Å². The van der Waals surface area contributed by atoms with Gasteiger partial charge in [-0.2, -0.15) is 0 Å². The molecule has 1 aliphatic heterocycles. The SMILES string of the molecule is Cc1nc2ccc(C3CNC3(C)C)cc2o1. The van der Waals surface area contributed by atoms with E-state index in [-0.39, 0.29) is 5.54 Å². The second kappa shape index (κ2) is 3.08. The molecule has 3 rings (SSSR count). The Morgan fingerprint density at radius 2 is 2.25 bits per heavy atom. The number of aromatic nitrogens is 1. The van der Waals surface area contributed by atoms with Gasteiger partial charge in [0, 0.05) is 24.9 Å². The molecular formula is C13H16N2O. The van der Waals surface area contributed by atoms with Gasteiger partial charge in [0.2, 0.25) is 0 Å². The van der Waals surface area contributed by atoms with Crippen LogP contribution in [0.3, 0.4) is 0 Å². The molecule has 0 radical (unpaired) electrons. The predicted molar refractivity (Wildman–Crippen MR) is 63.6 cm³/mol. The second-order valence-electron chi connectivity index (χ2n) is 5.12. The zero-order chi connectivity index (χ0) is 11.3. The quantitative estimate of drug-likeness (QED) is 0.796. The van der Waals surface area contributed by atoms with Crippen molar-refractivity contribution < 1.29 is 4.42 Å². The van der Waals surface area contributed by atoms with Crippen LogP contribution in [0.1, 0.15) is 31.2 Å². The van der Waals surface area contributed by atoms with Gasteiger partial charge in [-0.15, -0.1) is 0 Å². The third kappa shape index (κ3) is 1.35. The number of aryl methyl sites for hydroxylation is 1. The van der Waals surface area contributed by atoms with Crippen LogP contribution in [-0.2, 0) is 0 Å². The number of fused-ring (bicyclic) bond motifs is 1. The van der Waals surface area contributed by atoms with E-state index in [2.05, 4.69) is 42.3 Å². The van der Waals surface area contributed by atoms with Crippen molar-refractivity contribution >= 4 is 11.1 Å². The third-order valence-corrected chi connectivity index (χ3v) is 3.55. The van der Waals surface area contributed by atoms with Crippen molar-refractivity contribution in [3.05, 3.63) is 29.7 Å². The van der Waals surface area contributed by atoms with Crippen molar-refractivity contribution in [2.24, 2.45) is 0 Å². The maximum absolute atomic E-state index is 5.56. The number of hydrogen-bond acceptors (Lipinski definition) is 3. The van der Waals surface area contributed by atoms with Gasteiger partial charge >= 0.3 is 0 Å². The van der Waals surface area contributed by atoms with Gasteiger partial charge in [0.1, 0.15) is 5.52 Å². The minimum absolute atomic E-state index is 0.197. The van der Waals surface area contributed by atoms with Crippen molar-refractivity contribution in [3.8, 4) is 0 Å². The lowest BCUT2D eigenvalue weighted by Crippen LogP contribution is -2.59. The summed E-state index contributed by atoms with van der Waals surface area (Å²) in [6.07, 6.45) is 0. The summed E-state index contributed by atoms with van der Waals surface area (Å²) in [5.41, 5.74) is 3.39. The molecule has 1 aromatic heterocycles. The molecule has 3 nitrogen and oxygen atoms in total. The molecule has 1 fully saturated rings. The van der Waals surface area contributed by atoms with Crippen LogP contribution in [0.2, 0.25) is 0 Å². The molecule has 2 heterocycles. The lowest BCUT2D eigenvalue weighted by atomic mass is 9.75. The molecule has 1 atom stereocenters. The Morgan fingerprint density at radius 1 is 1.44 bits per heavy atom. The normalized spacial score (nSPS) is 23.3. The molecule has 1 aliphatic rings. The van der Waals surface area contributed by atoms with E-state index in [1.807, 2.05) is 6.92 Å². The Balaban J connectivity index is 2.05. The number of hydrogen-bond donors (Lipinski definition) is 1. The number of rotatable bonds is 1. The Morgan fingerprint density at radius 3 is 2.88 bits per heavy atom. The molecule has 2 aromatic rings. The summed E-state index contributed by atoms with van der Waals surface area (Å²) >= 11 is 0.